The first-order chi connectivity index (χ1) is 9.24. The molecule has 0 atom stereocenters. The van der Waals surface area contributed by atoms with E-state index in [1.807, 2.05) is 11.3 Å². The molecular formula is C16H28N2S. The lowest BCUT2D eigenvalue weighted by Gasteiger charge is -2.32. The summed E-state index contributed by atoms with van der Waals surface area (Å²) in [6.07, 6.45) is 3.96. The fraction of sp³-hybridized carbons (Fsp3) is 0.750. The van der Waals surface area contributed by atoms with Crippen LogP contribution < -0.4 is 5.32 Å². The van der Waals surface area contributed by atoms with E-state index in [-0.39, 0.29) is 0 Å². The average molecular weight is 280 g/mol. The summed E-state index contributed by atoms with van der Waals surface area (Å²) in [6, 6.07) is 2.26. The number of piperidine rings is 1. The molecule has 2 heterocycles. The van der Waals surface area contributed by atoms with Crippen LogP contribution in [0.15, 0.2) is 16.8 Å². The lowest BCUT2D eigenvalue weighted by Crippen LogP contribution is -2.38. The predicted octanol–water partition coefficient (Wildman–Crippen LogP) is 3.25. The van der Waals surface area contributed by atoms with Crippen molar-refractivity contribution >= 4 is 11.3 Å². The smallest absolute Gasteiger partial charge is 0.00221 e. The van der Waals surface area contributed by atoms with E-state index in [9.17, 15) is 0 Å². The van der Waals surface area contributed by atoms with E-state index in [4.69, 9.17) is 0 Å². The van der Waals surface area contributed by atoms with E-state index in [0.29, 0.717) is 0 Å². The Labute approximate surface area is 122 Å². The van der Waals surface area contributed by atoms with Gasteiger partial charge in [0.05, 0.1) is 0 Å². The molecule has 19 heavy (non-hydrogen) atoms. The quantitative estimate of drug-likeness (QED) is 0.825. The molecule has 1 saturated heterocycles. The second-order valence-corrected chi connectivity index (χ2v) is 7.00. The molecule has 0 aromatic carbocycles. The first-order valence-electron chi connectivity index (χ1n) is 7.68. The summed E-state index contributed by atoms with van der Waals surface area (Å²) >= 11 is 1.81. The zero-order chi connectivity index (χ0) is 13.5. The highest BCUT2D eigenvalue weighted by atomic mass is 32.1. The highest BCUT2D eigenvalue weighted by Gasteiger charge is 2.18. The molecule has 3 heteroatoms. The van der Waals surface area contributed by atoms with E-state index in [2.05, 4.69) is 40.9 Å². The summed E-state index contributed by atoms with van der Waals surface area (Å²) in [5.74, 6) is 1.67. The summed E-state index contributed by atoms with van der Waals surface area (Å²) in [5.41, 5.74) is 1.51. The molecule has 0 aliphatic carbocycles. The van der Waals surface area contributed by atoms with Crippen molar-refractivity contribution in [3.8, 4) is 0 Å². The van der Waals surface area contributed by atoms with Gasteiger partial charge in [0.1, 0.15) is 0 Å². The minimum Gasteiger partial charge on any atom is -0.316 e. The highest BCUT2D eigenvalue weighted by Crippen LogP contribution is 2.17. The van der Waals surface area contributed by atoms with Gasteiger partial charge in [-0.05, 0) is 79.7 Å². The monoisotopic (exact) mass is 280 g/mol. The van der Waals surface area contributed by atoms with Crippen LogP contribution in [0.1, 0.15) is 32.3 Å². The van der Waals surface area contributed by atoms with Crippen molar-refractivity contribution in [1.82, 2.24) is 10.2 Å². The molecule has 0 unspecified atom stereocenters. The number of nitrogens with one attached hydrogen (secondary N) is 1. The predicted molar refractivity (Wildman–Crippen MR) is 84.9 cm³/mol. The fourth-order valence-corrected chi connectivity index (χ4v) is 3.42. The zero-order valence-electron chi connectivity index (χ0n) is 12.4. The van der Waals surface area contributed by atoms with Gasteiger partial charge in [0.2, 0.25) is 0 Å². The largest absolute Gasteiger partial charge is 0.316 e. The van der Waals surface area contributed by atoms with Gasteiger partial charge >= 0.3 is 0 Å². The Morgan fingerprint density at radius 1 is 1.37 bits per heavy atom. The molecule has 0 saturated carbocycles. The van der Waals surface area contributed by atoms with Gasteiger partial charge in [0.15, 0.2) is 0 Å². The van der Waals surface area contributed by atoms with Crippen LogP contribution in [0.5, 0.6) is 0 Å². The van der Waals surface area contributed by atoms with Crippen LogP contribution in [-0.2, 0) is 6.42 Å². The third kappa shape index (κ3) is 5.64. The zero-order valence-corrected chi connectivity index (χ0v) is 13.2. The van der Waals surface area contributed by atoms with Crippen molar-refractivity contribution in [1.29, 1.82) is 0 Å². The van der Waals surface area contributed by atoms with Gasteiger partial charge < -0.3 is 10.2 Å². The van der Waals surface area contributed by atoms with E-state index in [1.165, 1.54) is 57.5 Å². The molecule has 0 bridgehead atoms. The number of hydrogen-bond acceptors (Lipinski definition) is 3. The first-order valence-corrected chi connectivity index (χ1v) is 8.62. The summed E-state index contributed by atoms with van der Waals surface area (Å²) in [4.78, 5) is 2.64. The topological polar surface area (TPSA) is 15.3 Å². The average Bonchev–Trinajstić information content (AvgIpc) is 2.90. The SMILES string of the molecule is CC(C)CNCC1CCN(CCc2ccsc2)CC1. The van der Waals surface area contributed by atoms with Gasteiger partial charge in [-0.1, -0.05) is 13.8 Å². The number of likely N-dealkylation sites (tertiary alicyclic amines) is 1. The minimum atomic E-state index is 0.769. The van der Waals surface area contributed by atoms with Crippen LogP contribution >= 0.6 is 11.3 Å². The van der Waals surface area contributed by atoms with Crippen molar-refractivity contribution < 1.29 is 0 Å². The summed E-state index contributed by atoms with van der Waals surface area (Å²) < 4.78 is 0. The third-order valence-electron chi connectivity index (χ3n) is 3.99. The standard InChI is InChI=1S/C16H28N2S/c1-14(2)11-17-12-15-3-7-18(8-4-15)9-5-16-6-10-19-13-16/h6,10,13-15,17H,3-5,7-9,11-12H2,1-2H3. The Kier molecular flexibility index (Phi) is 6.35. The van der Waals surface area contributed by atoms with Gasteiger partial charge in [-0.15, -0.1) is 0 Å². The van der Waals surface area contributed by atoms with Crippen molar-refractivity contribution in [3.63, 3.8) is 0 Å². The Hall–Kier alpha value is -0.380. The lowest BCUT2D eigenvalue weighted by atomic mass is 9.96. The molecule has 1 aliphatic heterocycles. The Morgan fingerprint density at radius 2 is 2.16 bits per heavy atom. The Bertz CT molecular complexity index is 327. The number of nitrogens with zero attached hydrogens (tertiary/aromatic N) is 1. The van der Waals surface area contributed by atoms with E-state index in [1.54, 1.807) is 0 Å². The first kappa shape index (κ1) is 15.0. The van der Waals surface area contributed by atoms with Crippen molar-refractivity contribution in [2.45, 2.75) is 33.1 Å². The molecule has 1 N–H and O–H groups in total. The van der Waals surface area contributed by atoms with Gasteiger partial charge in [-0.3, -0.25) is 0 Å². The molecule has 0 spiro atoms. The highest BCUT2D eigenvalue weighted by molar-refractivity contribution is 7.07. The lowest BCUT2D eigenvalue weighted by molar-refractivity contribution is 0.183. The normalized spacial score (nSPS) is 18.3. The van der Waals surface area contributed by atoms with Crippen LogP contribution in [-0.4, -0.2) is 37.6 Å². The molecule has 108 valence electrons. The Balaban J connectivity index is 1.57. The van der Waals surface area contributed by atoms with Crippen LogP contribution in [0.2, 0.25) is 0 Å². The van der Waals surface area contributed by atoms with Crippen LogP contribution in [0, 0.1) is 11.8 Å². The molecule has 2 rings (SSSR count). The second-order valence-electron chi connectivity index (χ2n) is 6.22. The summed E-state index contributed by atoms with van der Waals surface area (Å²) in [5, 5.41) is 8.07. The van der Waals surface area contributed by atoms with Crippen LogP contribution in [0.3, 0.4) is 0 Å². The molecule has 1 aliphatic rings. The molecule has 0 amide bonds. The minimum absolute atomic E-state index is 0.769. The molecule has 1 aromatic heterocycles. The van der Waals surface area contributed by atoms with Crippen molar-refractivity contribution in [2.75, 3.05) is 32.7 Å². The van der Waals surface area contributed by atoms with Crippen molar-refractivity contribution in [3.05, 3.63) is 22.4 Å². The maximum atomic E-state index is 3.61. The summed E-state index contributed by atoms with van der Waals surface area (Å²) in [6.45, 7) is 10.8. The molecule has 0 radical (unpaired) electrons. The molecule has 1 aromatic rings. The van der Waals surface area contributed by atoms with Gasteiger partial charge in [-0.2, -0.15) is 11.3 Å². The van der Waals surface area contributed by atoms with Gasteiger partial charge in [0.25, 0.3) is 0 Å². The molecule has 2 nitrogen and oxygen atoms in total. The van der Waals surface area contributed by atoms with E-state index < -0.39 is 0 Å². The fourth-order valence-electron chi connectivity index (χ4n) is 2.71. The third-order valence-corrected chi connectivity index (χ3v) is 4.72. The maximum absolute atomic E-state index is 3.61. The number of thiophene rings is 1. The number of hydrogen-bond donors (Lipinski definition) is 1. The maximum Gasteiger partial charge on any atom is 0.00221 e. The molecule has 1 fully saturated rings. The van der Waals surface area contributed by atoms with E-state index >= 15 is 0 Å². The van der Waals surface area contributed by atoms with Crippen molar-refractivity contribution in [2.24, 2.45) is 11.8 Å². The Morgan fingerprint density at radius 3 is 2.79 bits per heavy atom. The van der Waals surface area contributed by atoms with Crippen LogP contribution in [0.4, 0.5) is 0 Å². The van der Waals surface area contributed by atoms with Gasteiger partial charge in [-0.25, -0.2) is 0 Å². The van der Waals surface area contributed by atoms with E-state index in [0.717, 1.165) is 11.8 Å². The molecular weight excluding hydrogens is 252 g/mol. The van der Waals surface area contributed by atoms with Gasteiger partial charge in [0, 0.05) is 6.54 Å². The summed E-state index contributed by atoms with van der Waals surface area (Å²) in [7, 11) is 0. The number of rotatable bonds is 7. The van der Waals surface area contributed by atoms with Crippen LogP contribution in [0.25, 0.3) is 0 Å². The second kappa shape index (κ2) is 8.03.